The Morgan fingerprint density at radius 2 is 1.73 bits per heavy atom. The highest BCUT2D eigenvalue weighted by Crippen LogP contribution is 2.53. The second kappa shape index (κ2) is 9.84. The number of ketones is 2. The van der Waals surface area contributed by atoms with Crippen LogP contribution < -0.4 is 11.1 Å². The van der Waals surface area contributed by atoms with E-state index in [0.29, 0.717) is 22.4 Å². The predicted octanol–water partition coefficient (Wildman–Crippen LogP) is 0.718. The lowest BCUT2D eigenvalue weighted by Gasteiger charge is -2.50. The van der Waals surface area contributed by atoms with Gasteiger partial charge in [0.1, 0.15) is 29.4 Å². The van der Waals surface area contributed by atoms with E-state index in [-0.39, 0.29) is 29.7 Å². The highest BCUT2D eigenvalue weighted by molar-refractivity contribution is 6.25. The molecule has 0 saturated carbocycles. The minimum Gasteiger partial charge on any atom is -0.510 e. The van der Waals surface area contributed by atoms with Crippen LogP contribution in [0.1, 0.15) is 22.3 Å². The number of aliphatic hydroxyl groups is 4. The molecule has 0 bridgehead atoms. The number of rotatable bonds is 5. The molecule has 0 aliphatic heterocycles. The maximum absolute atomic E-state index is 13.9. The molecular weight excluding hydrogens is 534 g/mol. The zero-order chi connectivity index (χ0) is 30.0. The van der Waals surface area contributed by atoms with Crippen molar-refractivity contribution in [2.75, 3.05) is 26.0 Å². The second-order valence-corrected chi connectivity index (χ2v) is 10.7. The number of allylic oxidation sites excluding steroid dienone is 1. The SMILES string of the molecule is CN(C)C1C(O)=C(C(N)=O)C(=O)C2(O)C(O)=C3C(=O)c4c(O)ccc(-c5ccc(NC(=O)CO)cc5)c4CC3CC12. The Labute approximate surface area is 234 Å². The molecule has 5 rings (SSSR count). The average Bonchev–Trinajstić information content (AvgIpc) is 2.91. The fourth-order valence-corrected chi connectivity index (χ4v) is 6.45. The number of phenols is 1. The Bertz CT molecular complexity index is 1570. The van der Waals surface area contributed by atoms with E-state index in [0.717, 1.165) is 0 Å². The molecule has 214 valence electrons. The van der Waals surface area contributed by atoms with Crippen molar-refractivity contribution < 1.29 is 44.7 Å². The number of nitrogens with zero attached hydrogens (tertiary/aromatic N) is 1. The molecule has 2 aromatic carbocycles. The van der Waals surface area contributed by atoms with E-state index in [4.69, 9.17) is 10.8 Å². The summed E-state index contributed by atoms with van der Waals surface area (Å²) in [6.45, 7) is -0.673. The number of aliphatic hydroxyl groups excluding tert-OH is 3. The number of fused-ring (bicyclic) bond motifs is 3. The van der Waals surface area contributed by atoms with Gasteiger partial charge in [0.2, 0.25) is 11.7 Å². The number of primary amides is 1. The number of anilines is 1. The Morgan fingerprint density at radius 3 is 2.32 bits per heavy atom. The quantitative estimate of drug-likeness (QED) is 0.253. The van der Waals surface area contributed by atoms with Crippen molar-refractivity contribution in [3.63, 3.8) is 0 Å². The van der Waals surface area contributed by atoms with Gasteiger partial charge in [-0.2, -0.15) is 0 Å². The number of phenolic OH excluding ortho intramolecular Hbond substituents is 1. The van der Waals surface area contributed by atoms with E-state index in [1.807, 2.05) is 0 Å². The number of nitrogens with one attached hydrogen (secondary N) is 1. The fraction of sp³-hybridized carbons (Fsp3) is 0.310. The molecule has 4 atom stereocenters. The van der Waals surface area contributed by atoms with Crippen LogP contribution >= 0.6 is 0 Å². The minimum atomic E-state index is -2.70. The molecule has 0 fully saturated rings. The average molecular weight is 564 g/mol. The first-order valence-electron chi connectivity index (χ1n) is 12.8. The number of amides is 2. The third-order valence-electron chi connectivity index (χ3n) is 8.23. The molecule has 8 N–H and O–H groups in total. The first-order chi connectivity index (χ1) is 19.3. The molecule has 0 spiro atoms. The molecule has 2 aromatic rings. The number of hydrogen-bond donors (Lipinski definition) is 7. The second-order valence-electron chi connectivity index (χ2n) is 10.7. The number of carbonyl (C=O) groups is 4. The third-order valence-corrected chi connectivity index (χ3v) is 8.23. The summed E-state index contributed by atoms with van der Waals surface area (Å²) in [5.74, 6) is -7.67. The van der Waals surface area contributed by atoms with E-state index >= 15 is 0 Å². The maximum Gasteiger partial charge on any atom is 0.255 e. The monoisotopic (exact) mass is 563 g/mol. The lowest BCUT2D eigenvalue weighted by Crippen LogP contribution is -2.63. The smallest absolute Gasteiger partial charge is 0.255 e. The largest absolute Gasteiger partial charge is 0.510 e. The van der Waals surface area contributed by atoms with Crippen molar-refractivity contribution in [3.8, 4) is 16.9 Å². The lowest BCUT2D eigenvalue weighted by atomic mass is 9.58. The minimum absolute atomic E-state index is 0.0208. The van der Waals surface area contributed by atoms with Gasteiger partial charge >= 0.3 is 0 Å². The van der Waals surface area contributed by atoms with Crippen LogP contribution in [0.3, 0.4) is 0 Å². The van der Waals surface area contributed by atoms with Crippen molar-refractivity contribution in [2.24, 2.45) is 17.6 Å². The van der Waals surface area contributed by atoms with Gasteiger partial charge in [-0.3, -0.25) is 24.1 Å². The normalized spacial score (nSPS) is 25.5. The zero-order valence-corrected chi connectivity index (χ0v) is 22.2. The third kappa shape index (κ3) is 4.10. The van der Waals surface area contributed by atoms with E-state index in [2.05, 4.69) is 5.32 Å². The standard InChI is InChI=1S/C29H29N3O9/c1-32(2)23-17-10-13-9-16-15(12-3-5-14(6-4-12)31-19(35)11-33)7-8-18(34)21(16)24(36)20(13)26(38)29(17,41)27(39)22(25(23)37)28(30)40/h3-8,13,17,23,33-34,37-38,41H,9-11H2,1-2H3,(H2,30,40)(H,31,35). The van der Waals surface area contributed by atoms with Crippen LogP contribution in [-0.4, -0.2) is 86.2 Å². The zero-order valence-electron chi connectivity index (χ0n) is 22.2. The van der Waals surface area contributed by atoms with Crippen molar-refractivity contribution in [2.45, 2.75) is 24.5 Å². The molecule has 12 nitrogen and oxygen atoms in total. The van der Waals surface area contributed by atoms with Gasteiger partial charge in [0.15, 0.2) is 11.4 Å². The van der Waals surface area contributed by atoms with Crippen LogP contribution in [0.5, 0.6) is 5.75 Å². The molecule has 0 aromatic heterocycles. The van der Waals surface area contributed by atoms with Crippen LogP contribution in [0.15, 0.2) is 59.1 Å². The molecule has 3 aliphatic carbocycles. The molecule has 3 aliphatic rings. The predicted molar refractivity (Wildman–Crippen MR) is 145 cm³/mol. The van der Waals surface area contributed by atoms with Gasteiger partial charge in [-0.05, 0) is 67.7 Å². The summed E-state index contributed by atoms with van der Waals surface area (Å²) in [5, 5.41) is 56.2. The van der Waals surface area contributed by atoms with Crippen LogP contribution in [0.4, 0.5) is 5.69 Å². The van der Waals surface area contributed by atoms with Crippen molar-refractivity contribution in [1.82, 2.24) is 4.90 Å². The summed E-state index contributed by atoms with van der Waals surface area (Å²) in [6, 6.07) is 8.51. The van der Waals surface area contributed by atoms with Gasteiger partial charge in [-0.15, -0.1) is 0 Å². The van der Waals surface area contributed by atoms with E-state index in [1.165, 1.54) is 11.0 Å². The summed E-state index contributed by atoms with van der Waals surface area (Å²) in [4.78, 5) is 52.3. The first kappa shape index (κ1) is 28.0. The summed E-state index contributed by atoms with van der Waals surface area (Å²) < 4.78 is 0. The van der Waals surface area contributed by atoms with E-state index in [9.17, 15) is 39.6 Å². The summed E-state index contributed by atoms with van der Waals surface area (Å²) in [5.41, 5.74) is 3.65. The Kier molecular flexibility index (Phi) is 6.72. The van der Waals surface area contributed by atoms with Crippen molar-refractivity contribution >= 4 is 29.1 Å². The maximum atomic E-state index is 13.9. The number of benzene rings is 2. The Balaban J connectivity index is 1.64. The molecule has 41 heavy (non-hydrogen) atoms. The number of carbonyl (C=O) groups excluding carboxylic acids is 4. The van der Waals surface area contributed by atoms with Crippen molar-refractivity contribution in [1.29, 1.82) is 0 Å². The highest BCUT2D eigenvalue weighted by atomic mass is 16.3. The Hall–Kier alpha value is -4.52. The molecular formula is C29H29N3O9. The summed E-state index contributed by atoms with van der Waals surface area (Å²) >= 11 is 0. The molecule has 0 radical (unpaired) electrons. The number of nitrogens with two attached hydrogens (primary N) is 1. The fourth-order valence-electron chi connectivity index (χ4n) is 6.45. The highest BCUT2D eigenvalue weighted by Gasteiger charge is 2.63. The van der Waals surface area contributed by atoms with E-state index < -0.39 is 70.6 Å². The van der Waals surface area contributed by atoms with Gasteiger partial charge < -0.3 is 36.6 Å². The molecule has 0 saturated heterocycles. The van der Waals surface area contributed by atoms with Crippen LogP contribution in [0, 0.1) is 11.8 Å². The van der Waals surface area contributed by atoms with Gasteiger partial charge in [0.25, 0.3) is 5.91 Å². The van der Waals surface area contributed by atoms with Crippen molar-refractivity contribution in [3.05, 3.63) is 70.2 Å². The number of hydrogen-bond acceptors (Lipinski definition) is 10. The van der Waals surface area contributed by atoms with Crippen LogP contribution in [-0.2, 0) is 20.8 Å². The van der Waals surface area contributed by atoms with Gasteiger partial charge in [-0.1, -0.05) is 18.2 Å². The number of Topliss-reactive ketones (excluding diaryl/α,β-unsaturated/α-hetero) is 2. The van der Waals surface area contributed by atoms with Gasteiger partial charge in [0, 0.05) is 17.2 Å². The molecule has 2 amide bonds. The van der Waals surface area contributed by atoms with Crippen LogP contribution in [0.2, 0.25) is 0 Å². The Morgan fingerprint density at radius 1 is 1.07 bits per heavy atom. The van der Waals surface area contributed by atoms with Crippen LogP contribution in [0.25, 0.3) is 11.1 Å². The summed E-state index contributed by atoms with van der Waals surface area (Å²) in [6.07, 6.45) is 0.119. The number of likely N-dealkylation sites (N-methyl/N-ethyl adjacent to an activating group) is 1. The molecule has 0 heterocycles. The summed E-state index contributed by atoms with van der Waals surface area (Å²) in [7, 11) is 3.13. The van der Waals surface area contributed by atoms with E-state index in [1.54, 1.807) is 44.4 Å². The topological polar surface area (TPSA) is 211 Å². The first-order valence-corrected chi connectivity index (χ1v) is 12.8. The molecule has 4 unspecified atom stereocenters. The number of aromatic hydroxyl groups is 1. The van der Waals surface area contributed by atoms with Gasteiger partial charge in [-0.25, -0.2) is 0 Å². The molecule has 12 heteroatoms. The van der Waals surface area contributed by atoms with Gasteiger partial charge in [0.05, 0.1) is 11.6 Å². The lowest BCUT2D eigenvalue weighted by molar-refractivity contribution is -0.148.